The van der Waals surface area contributed by atoms with Gasteiger partial charge >= 0.3 is 0 Å². The van der Waals surface area contributed by atoms with Gasteiger partial charge in [-0.1, -0.05) is 83.1 Å². The van der Waals surface area contributed by atoms with Gasteiger partial charge in [0, 0.05) is 21.3 Å². The Hall–Kier alpha value is -2.97. The first kappa shape index (κ1) is 32.0. The van der Waals surface area contributed by atoms with Gasteiger partial charge in [0.25, 0.3) is 11.5 Å². The SMILES string of the molecule is CC1=C(C(=O)Nc2ccccc2)[C@H](c2ccc(Cl)cc2)n2c(s/c(=C\c3cc(I)c(OCc4ccccc4Cl)c(I)c3)c2=O)=N1. The number of ether oxygens (including phenoxy) is 1. The molecule has 0 radical (unpaired) electrons. The molecule has 6 nitrogen and oxygen atoms in total. The first-order chi connectivity index (χ1) is 21.7. The second-order valence-electron chi connectivity index (χ2n) is 10.1. The molecule has 0 saturated carbocycles. The number of carbonyl (C=O) groups is 1. The molecule has 0 bridgehead atoms. The highest BCUT2D eigenvalue weighted by atomic mass is 127. The fourth-order valence-corrected chi connectivity index (χ4v) is 8.50. The van der Waals surface area contributed by atoms with Gasteiger partial charge in [-0.25, -0.2) is 4.99 Å². The molecule has 1 aromatic heterocycles. The molecule has 6 rings (SSSR count). The first-order valence-corrected chi connectivity index (χ1v) is 17.4. The van der Waals surface area contributed by atoms with E-state index in [0.29, 0.717) is 42.9 Å². The predicted molar refractivity (Wildman–Crippen MR) is 198 cm³/mol. The average molecular weight is 878 g/mol. The first-order valence-electron chi connectivity index (χ1n) is 13.7. The lowest BCUT2D eigenvalue weighted by molar-refractivity contribution is -0.113. The fraction of sp³-hybridized carbons (Fsp3) is 0.0882. The summed E-state index contributed by atoms with van der Waals surface area (Å²) in [6.45, 7) is 2.14. The van der Waals surface area contributed by atoms with Crippen LogP contribution < -0.4 is 24.9 Å². The van der Waals surface area contributed by atoms with Crippen molar-refractivity contribution in [3.05, 3.63) is 156 Å². The van der Waals surface area contributed by atoms with Crippen molar-refractivity contribution in [1.29, 1.82) is 0 Å². The Morgan fingerprint density at radius 3 is 2.36 bits per heavy atom. The number of rotatable bonds is 7. The number of nitrogens with one attached hydrogen (secondary N) is 1. The smallest absolute Gasteiger partial charge is 0.271 e. The molecule has 0 aliphatic carbocycles. The number of anilines is 1. The van der Waals surface area contributed by atoms with Gasteiger partial charge in [-0.2, -0.15) is 0 Å². The summed E-state index contributed by atoms with van der Waals surface area (Å²) in [6, 6.07) is 27.3. The lowest BCUT2D eigenvalue weighted by Gasteiger charge is -2.25. The van der Waals surface area contributed by atoms with Gasteiger partial charge in [0.2, 0.25) is 0 Å². The maximum absolute atomic E-state index is 14.1. The number of thiazole rings is 1. The molecule has 1 aliphatic rings. The zero-order chi connectivity index (χ0) is 31.7. The summed E-state index contributed by atoms with van der Waals surface area (Å²) >= 11 is 18.3. The second-order valence-corrected chi connectivity index (χ2v) is 14.3. The van der Waals surface area contributed by atoms with Crippen LogP contribution in [0, 0.1) is 7.14 Å². The van der Waals surface area contributed by atoms with E-state index in [2.05, 4.69) is 50.5 Å². The van der Waals surface area contributed by atoms with Crippen molar-refractivity contribution in [2.24, 2.45) is 4.99 Å². The molecule has 0 saturated heterocycles. The fourth-order valence-electron chi connectivity index (χ4n) is 5.01. The molecule has 45 heavy (non-hydrogen) atoms. The average Bonchev–Trinajstić information content (AvgIpc) is 3.31. The van der Waals surface area contributed by atoms with Crippen molar-refractivity contribution in [3.63, 3.8) is 0 Å². The number of fused-ring (bicyclic) bond motifs is 1. The van der Waals surface area contributed by atoms with Crippen molar-refractivity contribution in [2.45, 2.75) is 19.6 Å². The van der Waals surface area contributed by atoms with Crippen LogP contribution in [0.5, 0.6) is 5.75 Å². The largest absolute Gasteiger partial charge is 0.487 e. The highest BCUT2D eigenvalue weighted by Crippen LogP contribution is 2.33. The quantitative estimate of drug-likeness (QED) is 0.169. The minimum absolute atomic E-state index is 0.236. The monoisotopic (exact) mass is 877 g/mol. The number of para-hydroxylation sites is 1. The van der Waals surface area contributed by atoms with Crippen molar-refractivity contribution < 1.29 is 9.53 Å². The van der Waals surface area contributed by atoms with Gasteiger partial charge in [0.1, 0.15) is 12.4 Å². The normalized spacial score (nSPS) is 14.6. The van der Waals surface area contributed by atoms with E-state index in [4.69, 9.17) is 32.9 Å². The predicted octanol–water partition coefficient (Wildman–Crippen LogP) is 7.97. The van der Waals surface area contributed by atoms with E-state index in [9.17, 15) is 9.59 Å². The van der Waals surface area contributed by atoms with E-state index in [1.54, 1.807) is 23.6 Å². The summed E-state index contributed by atoms with van der Waals surface area (Å²) in [4.78, 5) is 33.1. The maximum atomic E-state index is 14.1. The van der Waals surface area contributed by atoms with Crippen molar-refractivity contribution >= 4 is 97.4 Å². The van der Waals surface area contributed by atoms with E-state index >= 15 is 0 Å². The molecule has 0 fully saturated rings. The molecule has 0 spiro atoms. The third-order valence-electron chi connectivity index (χ3n) is 7.13. The Morgan fingerprint density at radius 2 is 1.67 bits per heavy atom. The number of halogens is 4. The lowest BCUT2D eigenvalue weighted by Crippen LogP contribution is -2.40. The van der Waals surface area contributed by atoms with Crippen LogP contribution in [-0.4, -0.2) is 10.5 Å². The molecule has 1 N–H and O–H groups in total. The van der Waals surface area contributed by atoms with Crippen LogP contribution in [0.2, 0.25) is 10.0 Å². The number of amides is 1. The molecule has 11 heteroatoms. The minimum Gasteiger partial charge on any atom is -0.487 e. The van der Waals surface area contributed by atoms with Crippen LogP contribution >= 0.6 is 79.7 Å². The maximum Gasteiger partial charge on any atom is 0.271 e. The van der Waals surface area contributed by atoms with Gasteiger partial charge in [-0.15, -0.1) is 0 Å². The number of allylic oxidation sites excluding steroid dienone is 1. The zero-order valence-corrected chi connectivity index (χ0v) is 30.2. The van der Waals surface area contributed by atoms with E-state index in [-0.39, 0.29) is 11.5 Å². The Labute approximate surface area is 300 Å². The van der Waals surface area contributed by atoms with Crippen LogP contribution in [-0.2, 0) is 11.4 Å². The molecule has 2 heterocycles. The molecule has 226 valence electrons. The van der Waals surface area contributed by atoms with Gasteiger partial charge < -0.3 is 10.1 Å². The third-order valence-corrected chi connectivity index (χ3v) is 10.3. The van der Waals surface area contributed by atoms with Gasteiger partial charge in [0.05, 0.1) is 29.0 Å². The Kier molecular flexibility index (Phi) is 9.81. The number of hydrogen-bond donors (Lipinski definition) is 1. The van der Waals surface area contributed by atoms with E-state index < -0.39 is 6.04 Å². The molecule has 4 aromatic carbocycles. The van der Waals surface area contributed by atoms with Crippen molar-refractivity contribution in [1.82, 2.24) is 4.57 Å². The Morgan fingerprint density at radius 1 is 1.00 bits per heavy atom. The van der Waals surface area contributed by atoms with E-state index in [1.165, 1.54) is 11.3 Å². The lowest BCUT2D eigenvalue weighted by atomic mass is 9.95. The van der Waals surface area contributed by atoms with Crippen LogP contribution in [0.25, 0.3) is 6.08 Å². The summed E-state index contributed by atoms with van der Waals surface area (Å²) in [5.41, 5.74) is 3.85. The van der Waals surface area contributed by atoms with Crippen LogP contribution in [0.1, 0.15) is 29.7 Å². The van der Waals surface area contributed by atoms with Gasteiger partial charge in [0.15, 0.2) is 4.80 Å². The number of aromatic nitrogens is 1. The second kappa shape index (κ2) is 13.8. The highest BCUT2D eigenvalue weighted by molar-refractivity contribution is 14.1. The van der Waals surface area contributed by atoms with Crippen molar-refractivity contribution in [2.75, 3.05) is 5.32 Å². The molecular weight excluding hydrogens is 855 g/mol. The van der Waals surface area contributed by atoms with E-state index in [0.717, 1.165) is 29.6 Å². The Bertz CT molecular complexity index is 2120. The number of carbonyl (C=O) groups excluding carboxylic acids is 1. The summed E-state index contributed by atoms with van der Waals surface area (Å²) in [5.74, 6) is 0.426. The van der Waals surface area contributed by atoms with Crippen LogP contribution in [0.3, 0.4) is 0 Å². The Balaban J connectivity index is 1.39. The van der Waals surface area contributed by atoms with Gasteiger partial charge in [-0.05, 0) is 112 Å². The van der Waals surface area contributed by atoms with Gasteiger partial charge in [-0.3, -0.25) is 14.2 Å². The molecule has 1 aliphatic heterocycles. The molecule has 0 unspecified atom stereocenters. The topological polar surface area (TPSA) is 72.7 Å². The summed E-state index contributed by atoms with van der Waals surface area (Å²) in [6.07, 6.45) is 1.86. The zero-order valence-electron chi connectivity index (χ0n) is 23.6. The molecule has 1 amide bonds. The summed E-state index contributed by atoms with van der Waals surface area (Å²) < 4.78 is 10.1. The highest BCUT2D eigenvalue weighted by Gasteiger charge is 2.32. The summed E-state index contributed by atoms with van der Waals surface area (Å²) in [5, 5.41) is 4.18. The number of hydrogen-bond acceptors (Lipinski definition) is 5. The van der Waals surface area contributed by atoms with Crippen LogP contribution in [0.4, 0.5) is 5.69 Å². The van der Waals surface area contributed by atoms with Crippen molar-refractivity contribution in [3.8, 4) is 5.75 Å². The minimum atomic E-state index is -0.690. The molecule has 1 atom stereocenters. The third kappa shape index (κ3) is 6.92. The van der Waals surface area contributed by atoms with Crippen LogP contribution in [0.15, 0.2) is 112 Å². The standard InChI is InChI=1S/C34H23Cl2I2N3O3S/c1-19-29(32(42)40-24-8-3-2-4-9-24)30(21-11-13-23(35)14-12-21)41-33(43)28(45-34(41)39-19)17-20-15-26(37)31(27(38)16-20)44-18-22-7-5-6-10-25(22)36/h2-17,30H,18H2,1H3,(H,40,42)/b28-17-/t30-/m0/s1. The number of benzene rings is 4. The molecular formula is C34H23Cl2I2N3O3S. The summed E-state index contributed by atoms with van der Waals surface area (Å²) in [7, 11) is 0. The molecule has 5 aromatic rings. The number of nitrogens with zero attached hydrogens (tertiary/aromatic N) is 2. The van der Waals surface area contributed by atoms with E-state index in [1.807, 2.05) is 84.9 Å².